The Labute approximate surface area is 125 Å². The zero-order valence-corrected chi connectivity index (χ0v) is 12.2. The van der Waals surface area contributed by atoms with E-state index < -0.39 is 5.82 Å². The van der Waals surface area contributed by atoms with Crippen LogP contribution in [0.3, 0.4) is 0 Å². The lowest BCUT2D eigenvalue weighted by atomic mass is 10.0. The van der Waals surface area contributed by atoms with Crippen LogP contribution in [0.25, 0.3) is 0 Å². The molecule has 6 heteroatoms. The van der Waals surface area contributed by atoms with E-state index in [1.54, 1.807) is 0 Å². The van der Waals surface area contributed by atoms with Gasteiger partial charge in [-0.15, -0.1) is 0 Å². The van der Waals surface area contributed by atoms with Gasteiger partial charge in [0.2, 0.25) is 5.13 Å². The molecule has 21 heavy (non-hydrogen) atoms. The van der Waals surface area contributed by atoms with Gasteiger partial charge in [0.15, 0.2) is 0 Å². The third-order valence-electron chi connectivity index (χ3n) is 4.05. The highest BCUT2D eigenvalue weighted by Gasteiger charge is 2.35. The van der Waals surface area contributed by atoms with E-state index in [0.29, 0.717) is 22.5 Å². The number of nitrogens with zero attached hydrogens (tertiary/aromatic N) is 2. The van der Waals surface area contributed by atoms with Crippen LogP contribution < -0.4 is 5.32 Å². The summed E-state index contributed by atoms with van der Waals surface area (Å²) in [7, 11) is 0. The molecule has 0 amide bonds. The minimum absolute atomic E-state index is 0.222. The number of aromatic nitrogens is 2. The van der Waals surface area contributed by atoms with Gasteiger partial charge in [-0.3, -0.25) is 0 Å². The third kappa shape index (κ3) is 2.77. The van der Waals surface area contributed by atoms with E-state index in [1.807, 2.05) is 0 Å². The first-order chi connectivity index (χ1) is 10.2. The Kier molecular flexibility index (Phi) is 3.14. The molecule has 1 N–H and O–H groups in total. The third-order valence-corrected chi connectivity index (χ3v) is 4.71. The summed E-state index contributed by atoms with van der Waals surface area (Å²) in [5, 5.41) is 3.97. The number of hydrogen-bond donors (Lipinski definition) is 1. The molecule has 0 radical (unpaired) electrons. The van der Waals surface area contributed by atoms with Crippen LogP contribution >= 0.6 is 11.5 Å². The van der Waals surface area contributed by atoms with Crippen molar-refractivity contribution in [2.75, 3.05) is 5.32 Å². The van der Waals surface area contributed by atoms with Gasteiger partial charge in [-0.1, -0.05) is 0 Å². The normalized spacial score (nSPS) is 19.5. The van der Waals surface area contributed by atoms with E-state index in [1.165, 1.54) is 23.7 Å². The maximum absolute atomic E-state index is 14.0. The monoisotopic (exact) mass is 307 g/mol. The Morgan fingerprint density at radius 1 is 1.19 bits per heavy atom. The summed E-state index contributed by atoms with van der Waals surface area (Å²) in [6, 6.07) is 3.41. The standard InChI is InChI=1S/C15H15F2N3S/c16-10-5-6-12(17)11(7-10)13(8-1-2-8)18-15-19-14(20-21-15)9-3-4-9/h5-9,13H,1-4H2,(H,18,19,20). The SMILES string of the molecule is Fc1ccc(F)c(C(Nc2nc(C3CC3)ns2)C2CC2)c1. The molecule has 1 aromatic carbocycles. The fourth-order valence-corrected chi connectivity index (χ4v) is 3.25. The van der Waals surface area contributed by atoms with Gasteiger partial charge in [-0.25, -0.2) is 13.8 Å². The highest BCUT2D eigenvalue weighted by molar-refractivity contribution is 7.09. The Balaban J connectivity index is 1.60. The predicted octanol–water partition coefficient (Wildman–Crippen LogP) is 4.26. The van der Waals surface area contributed by atoms with Crippen LogP contribution in [0, 0.1) is 17.6 Å². The molecule has 2 aromatic rings. The van der Waals surface area contributed by atoms with Crippen molar-refractivity contribution in [1.29, 1.82) is 0 Å². The van der Waals surface area contributed by atoms with Crippen LogP contribution in [0.1, 0.15) is 49.0 Å². The Morgan fingerprint density at radius 3 is 2.71 bits per heavy atom. The van der Waals surface area contributed by atoms with Crippen LogP contribution in [-0.2, 0) is 0 Å². The van der Waals surface area contributed by atoms with Crippen molar-refractivity contribution >= 4 is 16.7 Å². The van der Waals surface area contributed by atoms with Gasteiger partial charge >= 0.3 is 0 Å². The van der Waals surface area contributed by atoms with Crippen LogP contribution in [0.2, 0.25) is 0 Å². The van der Waals surface area contributed by atoms with Crippen molar-refractivity contribution < 1.29 is 8.78 Å². The first-order valence-electron chi connectivity index (χ1n) is 7.26. The molecule has 0 aliphatic heterocycles. The second-order valence-corrected chi connectivity index (χ2v) is 6.61. The summed E-state index contributed by atoms with van der Waals surface area (Å²) in [5.41, 5.74) is 0.390. The summed E-state index contributed by atoms with van der Waals surface area (Å²) < 4.78 is 31.8. The van der Waals surface area contributed by atoms with Crippen LogP contribution in [0.15, 0.2) is 18.2 Å². The summed E-state index contributed by atoms with van der Waals surface area (Å²) in [6.07, 6.45) is 4.37. The van der Waals surface area contributed by atoms with Crippen molar-refractivity contribution in [1.82, 2.24) is 9.36 Å². The highest BCUT2D eigenvalue weighted by atomic mass is 32.1. The molecule has 3 nitrogen and oxygen atoms in total. The predicted molar refractivity (Wildman–Crippen MR) is 77.3 cm³/mol. The molecular formula is C15H15F2N3S. The fourth-order valence-electron chi connectivity index (χ4n) is 2.57. The molecule has 4 rings (SSSR count). The van der Waals surface area contributed by atoms with Gasteiger partial charge in [-0.2, -0.15) is 4.37 Å². The number of halogens is 2. The zero-order valence-electron chi connectivity index (χ0n) is 11.4. The van der Waals surface area contributed by atoms with E-state index in [9.17, 15) is 8.78 Å². The molecule has 1 unspecified atom stereocenters. The number of anilines is 1. The Hall–Kier alpha value is -1.56. The molecule has 2 fully saturated rings. The topological polar surface area (TPSA) is 37.8 Å². The zero-order chi connectivity index (χ0) is 14.4. The summed E-state index contributed by atoms with van der Waals surface area (Å²) >= 11 is 1.31. The molecule has 0 spiro atoms. The van der Waals surface area contributed by atoms with E-state index >= 15 is 0 Å². The lowest BCUT2D eigenvalue weighted by Crippen LogP contribution is -2.15. The van der Waals surface area contributed by atoms with E-state index in [0.717, 1.165) is 37.6 Å². The average molecular weight is 307 g/mol. The van der Waals surface area contributed by atoms with E-state index in [4.69, 9.17) is 0 Å². The summed E-state index contributed by atoms with van der Waals surface area (Å²) in [5.74, 6) is 0.955. The van der Waals surface area contributed by atoms with Gasteiger partial charge in [0.25, 0.3) is 0 Å². The number of nitrogens with one attached hydrogen (secondary N) is 1. The molecular weight excluding hydrogens is 292 g/mol. The fraction of sp³-hybridized carbons (Fsp3) is 0.467. The van der Waals surface area contributed by atoms with Gasteiger partial charge in [0.1, 0.15) is 17.5 Å². The van der Waals surface area contributed by atoms with Crippen molar-refractivity contribution in [3.05, 3.63) is 41.2 Å². The largest absolute Gasteiger partial charge is 0.353 e. The smallest absolute Gasteiger partial charge is 0.203 e. The molecule has 1 atom stereocenters. The molecule has 1 heterocycles. The van der Waals surface area contributed by atoms with Gasteiger partial charge in [0, 0.05) is 23.0 Å². The van der Waals surface area contributed by atoms with Crippen molar-refractivity contribution in [3.8, 4) is 0 Å². The summed E-state index contributed by atoms with van der Waals surface area (Å²) in [4.78, 5) is 4.48. The van der Waals surface area contributed by atoms with Crippen molar-refractivity contribution in [2.45, 2.75) is 37.6 Å². The quantitative estimate of drug-likeness (QED) is 0.897. The Morgan fingerprint density at radius 2 is 2.00 bits per heavy atom. The maximum atomic E-state index is 14.0. The molecule has 0 bridgehead atoms. The lowest BCUT2D eigenvalue weighted by molar-refractivity contribution is 0.554. The second kappa shape index (κ2) is 5.02. The average Bonchev–Trinajstić information content (AvgIpc) is 3.38. The van der Waals surface area contributed by atoms with Crippen LogP contribution in [0.5, 0.6) is 0 Å². The number of benzene rings is 1. The van der Waals surface area contributed by atoms with Gasteiger partial charge in [-0.05, 0) is 49.8 Å². The van der Waals surface area contributed by atoms with Crippen LogP contribution in [0.4, 0.5) is 13.9 Å². The van der Waals surface area contributed by atoms with E-state index in [2.05, 4.69) is 14.7 Å². The van der Waals surface area contributed by atoms with Crippen LogP contribution in [-0.4, -0.2) is 9.36 Å². The molecule has 110 valence electrons. The maximum Gasteiger partial charge on any atom is 0.203 e. The number of rotatable bonds is 5. The molecule has 0 saturated heterocycles. The van der Waals surface area contributed by atoms with E-state index in [-0.39, 0.29) is 11.9 Å². The first kappa shape index (κ1) is 13.1. The highest BCUT2D eigenvalue weighted by Crippen LogP contribution is 2.44. The minimum atomic E-state index is -0.408. The van der Waals surface area contributed by atoms with Gasteiger partial charge in [0.05, 0.1) is 6.04 Å². The minimum Gasteiger partial charge on any atom is -0.353 e. The molecule has 2 aliphatic rings. The molecule has 1 aromatic heterocycles. The molecule has 2 saturated carbocycles. The van der Waals surface area contributed by atoms with Crippen molar-refractivity contribution in [2.24, 2.45) is 5.92 Å². The summed E-state index contributed by atoms with van der Waals surface area (Å²) in [6.45, 7) is 0. The molecule has 2 aliphatic carbocycles. The second-order valence-electron chi connectivity index (χ2n) is 5.86. The first-order valence-corrected chi connectivity index (χ1v) is 8.03. The van der Waals surface area contributed by atoms with Crippen molar-refractivity contribution in [3.63, 3.8) is 0 Å². The lowest BCUT2D eigenvalue weighted by Gasteiger charge is -2.18. The number of hydrogen-bond acceptors (Lipinski definition) is 4. The Bertz CT molecular complexity index is 665. The van der Waals surface area contributed by atoms with Gasteiger partial charge < -0.3 is 5.32 Å².